The van der Waals surface area contributed by atoms with Crippen LogP contribution in [-0.4, -0.2) is 4.98 Å². The zero-order valence-corrected chi connectivity index (χ0v) is 9.98. The number of aromatic nitrogens is 1. The molecule has 0 aliphatic heterocycles. The lowest BCUT2D eigenvalue weighted by atomic mass is 9.94. The zero-order valence-electron chi connectivity index (χ0n) is 9.98. The largest absolute Gasteiger partial charge is 0.264 e. The van der Waals surface area contributed by atoms with Gasteiger partial charge in [0.15, 0.2) is 0 Å². The van der Waals surface area contributed by atoms with Crippen molar-refractivity contribution in [1.29, 1.82) is 0 Å². The van der Waals surface area contributed by atoms with E-state index in [1.54, 1.807) is 0 Å². The van der Waals surface area contributed by atoms with Crippen molar-refractivity contribution in [3.63, 3.8) is 0 Å². The van der Waals surface area contributed by atoms with Crippen molar-refractivity contribution >= 4 is 11.6 Å². The molecule has 1 heterocycles. The van der Waals surface area contributed by atoms with E-state index in [2.05, 4.69) is 48.3 Å². The highest BCUT2D eigenvalue weighted by molar-refractivity contribution is 5.67. The molecule has 0 amide bonds. The molecule has 1 nitrogen and oxygen atoms in total. The maximum Gasteiger partial charge on any atom is 0.0349 e. The summed E-state index contributed by atoms with van der Waals surface area (Å²) in [7, 11) is 0. The second-order valence-electron chi connectivity index (χ2n) is 4.55. The summed E-state index contributed by atoms with van der Waals surface area (Å²) in [6, 6.07) is 10.9. The van der Waals surface area contributed by atoms with Gasteiger partial charge in [-0.2, -0.15) is 0 Å². The molecular formula is C16H15N. The molecule has 17 heavy (non-hydrogen) atoms. The van der Waals surface area contributed by atoms with Gasteiger partial charge in [0.05, 0.1) is 0 Å². The average Bonchev–Trinajstić information content (AvgIpc) is 2.39. The first kappa shape index (κ1) is 10.3. The van der Waals surface area contributed by atoms with Crippen LogP contribution in [0.5, 0.6) is 0 Å². The summed E-state index contributed by atoms with van der Waals surface area (Å²) in [6.07, 6.45) is 8.39. The lowest BCUT2D eigenvalue weighted by molar-refractivity contribution is 1.06. The third-order valence-corrected chi connectivity index (χ3v) is 3.34. The number of benzene rings is 1. The topological polar surface area (TPSA) is 12.9 Å². The minimum Gasteiger partial charge on any atom is -0.264 e. The Bertz CT molecular complexity index is 651. The van der Waals surface area contributed by atoms with Crippen molar-refractivity contribution in [1.82, 2.24) is 4.98 Å². The Morgan fingerprint density at radius 2 is 1.88 bits per heavy atom. The van der Waals surface area contributed by atoms with Crippen molar-refractivity contribution in [2.75, 3.05) is 0 Å². The number of rotatable bonds is 1. The van der Waals surface area contributed by atoms with Gasteiger partial charge in [0.2, 0.25) is 0 Å². The average molecular weight is 221 g/mol. The molecule has 0 fully saturated rings. The van der Waals surface area contributed by atoms with Gasteiger partial charge >= 0.3 is 0 Å². The second-order valence-corrected chi connectivity index (χ2v) is 4.55. The monoisotopic (exact) mass is 221 g/mol. The van der Waals surface area contributed by atoms with E-state index in [4.69, 9.17) is 0 Å². The summed E-state index contributed by atoms with van der Waals surface area (Å²) in [4.78, 5) is 4.25. The first-order valence-corrected chi connectivity index (χ1v) is 6.05. The van der Waals surface area contributed by atoms with E-state index < -0.39 is 0 Å². The van der Waals surface area contributed by atoms with Gasteiger partial charge in [0.25, 0.3) is 0 Å². The molecular weight excluding hydrogens is 206 g/mol. The Balaban J connectivity index is 2.28. The Morgan fingerprint density at radius 3 is 2.71 bits per heavy atom. The fourth-order valence-electron chi connectivity index (χ4n) is 2.40. The summed E-state index contributed by atoms with van der Waals surface area (Å²) in [5.41, 5.74) is 4.07. The predicted octanol–water partition coefficient (Wildman–Crippen LogP) is 2.16. The number of pyridine rings is 1. The first-order chi connectivity index (χ1) is 8.34. The van der Waals surface area contributed by atoms with Gasteiger partial charge in [-0.25, -0.2) is 0 Å². The van der Waals surface area contributed by atoms with Gasteiger partial charge in [-0.05, 0) is 42.2 Å². The lowest BCUT2D eigenvalue weighted by Gasteiger charge is -2.11. The molecule has 0 saturated heterocycles. The van der Waals surface area contributed by atoms with Crippen molar-refractivity contribution < 1.29 is 0 Å². The molecule has 3 rings (SSSR count). The Hall–Kier alpha value is -1.89. The molecule has 0 N–H and O–H groups in total. The van der Waals surface area contributed by atoms with E-state index in [1.807, 2.05) is 12.4 Å². The highest BCUT2D eigenvalue weighted by Gasteiger charge is 2.06. The highest BCUT2D eigenvalue weighted by Crippen LogP contribution is 2.18. The summed E-state index contributed by atoms with van der Waals surface area (Å²) in [5.74, 6) is 0. The van der Waals surface area contributed by atoms with E-state index in [0.717, 1.165) is 12.8 Å². The normalized spacial score (nSPS) is 14.1. The molecule has 2 aromatic rings. The molecule has 1 aromatic carbocycles. The van der Waals surface area contributed by atoms with Crippen molar-refractivity contribution in [3.05, 3.63) is 64.3 Å². The van der Waals surface area contributed by atoms with Gasteiger partial charge in [-0.3, -0.25) is 4.98 Å². The Kier molecular flexibility index (Phi) is 2.52. The minimum absolute atomic E-state index is 1.11. The molecule has 1 heteroatoms. The number of hydrogen-bond donors (Lipinski definition) is 0. The van der Waals surface area contributed by atoms with Crippen LogP contribution in [0.4, 0.5) is 0 Å². The predicted molar refractivity (Wildman–Crippen MR) is 70.9 cm³/mol. The molecule has 0 spiro atoms. The number of nitrogens with zero attached hydrogens (tertiary/aromatic N) is 1. The van der Waals surface area contributed by atoms with Crippen LogP contribution >= 0.6 is 0 Å². The van der Waals surface area contributed by atoms with Crippen LogP contribution < -0.4 is 10.4 Å². The smallest absolute Gasteiger partial charge is 0.0349 e. The van der Waals surface area contributed by atoms with Crippen LogP contribution in [0.1, 0.15) is 24.0 Å². The van der Waals surface area contributed by atoms with Crippen LogP contribution in [-0.2, 0) is 0 Å². The van der Waals surface area contributed by atoms with Gasteiger partial charge in [-0.1, -0.05) is 35.9 Å². The Morgan fingerprint density at radius 1 is 1.06 bits per heavy atom. The molecule has 1 aliphatic rings. The van der Waals surface area contributed by atoms with E-state index >= 15 is 0 Å². The molecule has 0 radical (unpaired) electrons. The summed E-state index contributed by atoms with van der Waals surface area (Å²) < 4.78 is 0. The van der Waals surface area contributed by atoms with E-state index in [-0.39, 0.29) is 0 Å². The quantitative estimate of drug-likeness (QED) is 0.719. The molecule has 84 valence electrons. The third kappa shape index (κ3) is 1.89. The van der Waals surface area contributed by atoms with E-state index in [9.17, 15) is 0 Å². The second kappa shape index (κ2) is 4.17. The van der Waals surface area contributed by atoms with Crippen LogP contribution in [0.25, 0.3) is 11.6 Å². The van der Waals surface area contributed by atoms with Gasteiger partial charge in [0.1, 0.15) is 0 Å². The van der Waals surface area contributed by atoms with Crippen LogP contribution in [0.3, 0.4) is 0 Å². The van der Waals surface area contributed by atoms with Crippen molar-refractivity contribution in [2.24, 2.45) is 0 Å². The van der Waals surface area contributed by atoms with Gasteiger partial charge in [0, 0.05) is 17.6 Å². The van der Waals surface area contributed by atoms with Crippen LogP contribution in [0.15, 0.2) is 42.7 Å². The fourth-order valence-corrected chi connectivity index (χ4v) is 2.40. The number of aryl methyl sites for hydroxylation is 1. The van der Waals surface area contributed by atoms with E-state index in [1.165, 1.54) is 27.1 Å². The zero-order chi connectivity index (χ0) is 11.7. The van der Waals surface area contributed by atoms with Gasteiger partial charge < -0.3 is 0 Å². The summed E-state index contributed by atoms with van der Waals surface area (Å²) in [5, 5.41) is 2.62. The molecule has 1 aromatic heterocycles. The van der Waals surface area contributed by atoms with Crippen LogP contribution in [0.2, 0.25) is 0 Å². The summed E-state index contributed by atoms with van der Waals surface area (Å²) in [6.45, 7) is 2.12. The number of hydrogen-bond acceptors (Lipinski definition) is 1. The van der Waals surface area contributed by atoms with Crippen molar-refractivity contribution in [2.45, 2.75) is 19.8 Å². The standard InChI is InChI=1S/C16H15N/c1-12-5-7-14(8-6-12)15-4-2-3-13-9-10-17-11-16(13)15/h3,5-11H,2,4H2,1H3. The molecule has 0 saturated carbocycles. The maximum atomic E-state index is 4.25. The molecule has 1 aliphatic carbocycles. The minimum atomic E-state index is 1.11. The molecule has 0 bridgehead atoms. The van der Waals surface area contributed by atoms with Crippen LogP contribution in [0, 0.1) is 6.92 Å². The van der Waals surface area contributed by atoms with E-state index in [0.29, 0.717) is 0 Å². The summed E-state index contributed by atoms with van der Waals surface area (Å²) >= 11 is 0. The lowest BCUT2D eigenvalue weighted by Crippen LogP contribution is -2.30. The fraction of sp³-hybridized carbons (Fsp3) is 0.188. The maximum absolute atomic E-state index is 4.25. The highest BCUT2D eigenvalue weighted by atomic mass is 14.6. The van der Waals surface area contributed by atoms with Crippen molar-refractivity contribution in [3.8, 4) is 0 Å². The SMILES string of the molecule is Cc1ccc(C2=c3cnccc3=CCC2)cc1. The third-order valence-electron chi connectivity index (χ3n) is 3.34. The first-order valence-electron chi connectivity index (χ1n) is 6.05. The number of fused-ring (bicyclic) bond motifs is 1. The van der Waals surface area contributed by atoms with Gasteiger partial charge in [-0.15, -0.1) is 0 Å². The molecule has 0 atom stereocenters. The molecule has 0 unspecified atom stereocenters. The Labute approximate surface area is 101 Å².